The van der Waals surface area contributed by atoms with E-state index in [4.69, 9.17) is 9.84 Å². The predicted octanol–water partition coefficient (Wildman–Crippen LogP) is 5.79. The Balaban J connectivity index is 1.89. The highest BCUT2D eigenvalue weighted by Crippen LogP contribution is 2.34. The maximum atomic E-state index is 13.1. The van der Waals surface area contributed by atoms with Crippen LogP contribution in [-0.4, -0.2) is 16.1 Å². The van der Waals surface area contributed by atoms with E-state index < -0.39 is 17.7 Å². The van der Waals surface area contributed by atoms with Gasteiger partial charge in [-0.05, 0) is 24.3 Å². The van der Waals surface area contributed by atoms with Crippen molar-refractivity contribution in [3.05, 3.63) is 79.7 Å². The van der Waals surface area contributed by atoms with Gasteiger partial charge in [0, 0.05) is 27.4 Å². The van der Waals surface area contributed by atoms with Gasteiger partial charge in [0.25, 0.3) is 0 Å². The first-order valence-electron chi connectivity index (χ1n) is 7.98. The quantitative estimate of drug-likeness (QED) is 0.493. The predicted molar refractivity (Wildman–Crippen MR) is 102 cm³/mol. The number of hydrogen-bond acceptors (Lipinski definition) is 4. The molecule has 28 heavy (non-hydrogen) atoms. The van der Waals surface area contributed by atoms with Crippen LogP contribution in [0.4, 0.5) is 13.2 Å². The third-order valence-corrected chi connectivity index (χ3v) is 5.46. The van der Waals surface area contributed by atoms with Crippen LogP contribution in [-0.2, 0) is 19.2 Å². The number of ether oxygens (including phenoxy) is 1. The van der Waals surface area contributed by atoms with E-state index in [1.54, 1.807) is 0 Å². The summed E-state index contributed by atoms with van der Waals surface area (Å²) < 4.78 is 45.9. The summed E-state index contributed by atoms with van der Waals surface area (Å²) >= 11 is 4.48. The number of aromatic carboxylic acids is 1. The van der Waals surface area contributed by atoms with E-state index in [0.29, 0.717) is 5.01 Å². The summed E-state index contributed by atoms with van der Waals surface area (Å²) in [6.45, 7) is 0.165. The summed E-state index contributed by atoms with van der Waals surface area (Å²) in [6, 6.07) is 10.6. The fourth-order valence-electron chi connectivity index (χ4n) is 2.46. The summed E-state index contributed by atoms with van der Waals surface area (Å²) in [5, 5.41) is 10.7. The molecule has 0 saturated heterocycles. The van der Waals surface area contributed by atoms with E-state index in [1.807, 2.05) is 24.3 Å². The van der Waals surface area contributed by atoms with Crippen molar-refractivity contribution in [1.82, 2.24) is 4.98 Å². The van der Waals surface area contributed by atoms with Crippen molar-refractivity contribution in [2.75, 3.05) is 0 Å². The number of nitrogens with zero attached hydrogens (tertiary/aromatic N) is 1. The van der Waals surface area contributed by atoms with Crippen molar-refractivity contribution in [2.24, 2.45) is 0 Å². The van der Waals surface area contributed by atoms with E-state index in [9.17, 15) is 18.0 Å². The molecular formula is C19H13BrF3NO3S. The number of benzene rings is 2. The number of alkyl halides is 3. The Morgan fingerprint density at radius 3 is 2.57 bits per heavy atom. The van der Waals surface area contributed by atoms with Crippen molar-refractivity contribution >= 4 is 33.2 Å². The first kappa shape index (κ1) is 20.3. The fourth-order valence-corrected chi connectivity index (χ4v) is 3.65. The van der Waals surface area contributed by atoms with Gasteiger partial charge in [0.05, 0.1) is 10.6 Å². The Bertz CT molecular complexity index is 1000. The Morgan fingerprint density at radius 2 is 1.93 bits per heavy atom. The molecule has 0 amide bonds. The highest BCUT2D eigenvalue weighted by molar-refractivity contribution is 9.10. The van der Waals surface area contributed by atoms with Crippen LogP contribution in [0.1, 0.15) is 32.2 Å². The normalized spacial score (nSPS) is 11.4. The van der Waals surface area contributed by atoms with Gasteiger partial charge in [-0.1, -0.05) is 34.1 Å². The van der Waals surface area contributed by atoms with Gasteiger partial charge in [0.2, 0.25) is 0 Å². The third-order valence-electron chi connectivity index (χ3n) is 3.84. The minimum Gasteiger partial charge on any atom is -0.489 e. The van der Waals surface area contributed by atoms with Gasteiger partial charge in [-0.15, -0.1) is 11.3 Å². The molecule has 2 aromatic carbocycles. The van der Waals surface area contributed by atoms with Crippen LogP contribution >= 0.6 is 27.3 Å². The molecule has 146 valence electrons. The molecule has 3 rings (SSSR count). The molecule has 4 nitrogen and oxygen atoms in total. The molecule has 0 fully saturated rings. The van der Waals surface area contributed by atoms with Gasteiger partial charge in [0.1, 0.15) is 12.4 Å². The second-order valence-corrected chi connectivity index (χ2v) is 7.61. The smallest absolute Gasteiger partial charge is 0.416 e. The van der Waals surface area contributed by atoms with Crippen LogP contribution in [0.3, 0.4) is 0 Å². The van der Waals surface area contributed by atoms with Crippen LogP contribution in [0.25, 0.3) is 0 Å². The highest BCUT2D eigenvalue weighted by Gasteiger charge is 2.31. The molecule has 0 aliphatic carbocycles. The molecule has 0 bridgehead atoms. The highest BCUT2D eigenvalue weighted by atomic mass is 79.9. The number of thiazole rings is 1. The van der Waals surface area contributed by atoms with Gasteiger partial charge < -0.3 is 9.84 Å². The second-order valence-electron chi connectivity index (χ2n) is 5.81. The van der Waals surface area contributed by atoms with Crippen LogP contribution in [0.2, 0.25) is 0 Å². The Hall–Kier alpha value is -2.39. The zero-order valence-corrected chi connectivity index (χ0v) is 16.6. The number of rotatable bonds is 6. The molecule has 0 spiro atoms. The maximum Gasteiger partial charge on any atom is 0.416 e. The summed E-state index contributed by atoms with van der Waals surface area (Å²) in [6.07, 6.45) is -4.46. The summed E-state index contributed by atoms with van der Waals surface area (Å²) in [4.78, 5) is 14.9. The van der Waals surface area contributed by atoms with Crippen molar-refractivity contribution < 1.29 is 27.8 Å². The standard InChI is InChI=1S/C19H13BrF3NO3S/c20-14-4-2-1-3-11(14)9-27-16-6-5-13(19(21,22)23)7-12(16)8-17-24-15(10-28-17)18(25)26/h1-7,10H,8-9H2,(H,25,26). The fraction of sp³-hybridized carbons (Fsp3) is 0.158. The maximum absolute atomic E-state index is 13.1. The van der Waals surface area contributed by atoms with Crippen LogP contribution in [0.15, 0.2) is 52.3 Å². The Morgan fingerprint density at radius 1 is 1.18 bits per heavy atom. The zero-order chi connectivity index (χ0) is 20.3. The molecule has 9 heteroatoms. The monoisotopic (exact) mass is 471 g/mol. The molecule has 1 N–H and O–H groups in total. The first-order valence-corrected chi connectivity index (χ1v) is 9.65. The SMILES string of the molecule is O=C(O)c1csc(Cc2cc(C(F)(F)F)ccc2OCc2ccccc2Br)n1. The van der Waals surface area contributed by atoms with Crippen LogP contribution < -0.4 is 4.74 Å². The Labute approximate surface area is 170 Å². The van der Waals surface area contributed by atoms with Crippen molar-refractivity contribution in [2.45, 2.75) is 19.2 Å². The average molecular weight is 472 g/mol. The van der Waals surface area contributed by atoms with E-state index >= 15 is 0 Å². The average Bonchev–Trinajstić information content (AvgIpc) is 3.10. The van der Waals surface area contributed by atoms with Gasteiger partial charge in [-0.3, -0.25) is 0 Å². The van der Waals surface area contributed by atoms with Gasteiger partial charge in [-0.2, -0.15) is 13.2 Å². The molecule has 3 aromatic rings. The van der Waals surface area contributed by atoms with Gasteiger partial charge in [0.15, 0.2) is 5.69 Å². The van der Waals surface area contributed by atoms with Crippen molar-refractivity contribution in [3.63, 3.8) is 0 Å². The molecular weight excluding hydrogens is 459 g/mol. The van der Waals surface area contributed by atoms with E-state index in [-0.39, 0.29) is 30.0 Å². The number of hydrogen-bond donors (Lipinski definition) is 1. The summed E-state index contributed by atoms with van der Waals surface area (Å²) in [5.41, 5.74) is 0.192. The molecule has 0 radical (unpaired) electrons. The molecule has 0 unspecified atom stereocenters. The Kier molecular flexibility index (Phi) is 6.04. The number of aromatic nitrogens is 1. The van der Waals surface area contributed by atoms with E-state index in [2.05, 4.69) is 20.9 Å². The molecule has 0 aliphatic heterocycles. The molecule has 0 atom stereocenters. The van der Waals surface area contributed by atoms with E-state index in [1.165, 1.54) is 11.4 Å². The minimum absolute atomic E-state index is 0.0349. The molecule has 0 saturated carbocycles. The summed E-state index contributed by atoms with van der Waals surface area (Å²) in [5.74, 6) is -0.896. The number of carboxylic acid groups (broad SMARTS) is 1. The number of carboxylic acids is 1. The number of halogens is 4. The minimum atomic E-state index is -4.50. The lowest BCUT2D eigenvalue weighted by Gasteiger charge is -2.15. The van der Waals surface area contributed by atoms with Crippen molar-refractivity contribution in [1.29, 1.82) is 0 Å². The molecule has 0 aliphatic rings. The summed E-state index contributed by atoms with van der Waals surface area (Å²) in [7, 11) is 0. The van der Waals surface area contributed by atoms with Crippen LogP contribution in [0.5, 0.6) is 5.75 Å². The van der Waals surface area contributed by atoms with Crippen LogP contribution in [0, 0.1) is 0 Å². The van der Waals surface area contributed by atoms with Gasteiger partial charge >= 0.3 is 12.1 Å². The third kappa shape index (κ3) is 4.90. The first-order chi connectivity index (χ1) is 13.2. The van der Waals surface area contributed by atoms with Crippen molar-refractivity contribution in [3.8, 4) is 5.75 Å². The lowest BCUT2D eigenvalue weighted by molar-refractivity contribution is -0.137. The molecule has 1 aromatic heterocycles. The largest absolute Gasteiger partial charge is 0.489 e. The van der Waals surface area contributed by atoms with Gasteiger partial charge in [-0.25, -0.2) is 9.78 Å². The lowest BCUT2D eigenvalue weighted by Crippen LogP contribution is -2.07. The second kappa shape index (κ2) is 8.32. The van der Waals surface area contributed by atoms with E-state index in [0.717, 1.165) is 33.5 Å². The zero-order valence-electron chi connectivity index (χ0n) is 14.2. The molecule has 1 heterocycles. The number of carbonyl (C=O) groups is 1. The lowest BCUT2D eigenvalue weighted by atomic mass is 10.1. The topological polar surface area (TPSA) is 59.4 Å².